The van der Waals surface area contributed by atoms with Gasteiger partial charge in [0.05, 0.1) is 0 Å². The van der Waals surface area contributed by atoms with Crippen LogP contribution < -0.4 is 48.0 Å². The third-order valence-electron chi connectivity index (χ3n) is 0. The van der Waals surface area contributed by atoms with Gasteiger partial charge in [-0.3, -0.25) is 0 Å². The second-order valence-electron chi connectivity index (χ2n) is 0. The van der Waals surface area contributed by atoms with Crippen molar-refractivity contribution >= 4 is 0 Å². The molecule has 0 nitrogen and oxygen atoms in total. The van der Waals surface area contributed by atoms with Gasteiger partial charge in [-0.15, -0.1) is 0 Å². The van der Waals surface area contributed by atoms with Crippen LogP contribution in [-0.4, -0.2) is 0 Å². The molecule has 0 saturated carbocycles. The van der Waals surface area contributed by atoms with Crippen LogP contribution in [0.25, 0.3) is 0 Å². The Labute approximate surface area is 85.4 Å². The van der Waals surface area contributed by atoms with Crippen LogP contribution in [-0.2, 0) is 39.0 Å². The van der Waals surface area contributed by atoms with Gasteiger partial charge in [-0.25, -0.2) is 0 Å². The number of hydrogen-bond acceptors (Lipinski definition) is 0. The largest absolute Gasteiger partial charge is 2.00 e. The van der Waals surface area contributed by atoms with Crippen LogP contribution in [0.2, 0.25) is 0 Å². The molecule has 16 valence electrons. The number of halogens is 2. The van der Waals surface area contributed by atoms with Crippen molar-refractivity contribution in [3.8, 4) is 0 Å². The predicted molar refractivity (Wildman–Crippen MR) is 0 cm³/mol. The van der Waals surface area contributed by atoms with E-state index in [0.717, 1.165) is 0 Å². The first-order valence-corrected chi connectivity index (χ1v) is 0. The van der Waals surface area contributed by atoms with E-state index in [0.29, 0.717) is 0 Å². The molecule has 0 fully saturated rings. The van der Waals surface area contributed by atoms with E-state index in [9.17, 15) is 0 Å². The zero-order chi connectivity index (χ0) is 0. The second kappa shape index (κ2) is 17.3. The zero-order valence-electron chi connectivity index (χ0n) is 2.17. The van der Waals surface area contributed by atoms with Crippen LogP contribution in [0.3, 0.4) is 0 Å². The summed E-state index contributed by atoms with van der Waals surface area (Å²) in [5, 5.41) is 0. The minimum atomic E-state index is 0. The molecule has 0 spiro atoms. The fourth-order valence-corrected chi connectivity index (χ4v) is 0. The molecule has 0 radical (unpaired) electrons. The molecule has 0 aliphatic carbocycles. The SMILES string of the molecule is [I-].[I-].[Zn+2].[Zn+2]. The van der Waals surface area contributed by atoms with Gasteiger partial charge < -0.3 is 48.0 Å². The summed E-state index contributed by atoms with van der Waals surface area (Å²) >= 11 is 0. The Morgan fingerprint density at radius 2 is 0.500 bits per heavy atom. The molecule has 0 aromatic carbocycles. The van der Waals surface area contributed by atoms with E-state index >= 15 is 0 Å². The standard InChI is InChI=1S/2HI.2Zn/h2*1H;;/q;;2*+2/p-2. The van der Waals surface area contributed by atoms with Gasteiger partial charge in [0.1, 0.15) is 0 Å². The van der Waals surface area contributed by atoms with Gasteiger partial charge in [0.15, 0.2) is 0 Å². The third kappa shape index (κ3) is 8.83. The van der Waals surface area contributed by atoms with Gasteiger partial charge in [0, 0.05) is 0 Å². The average Bonchev–Trinajstić information content (AvgIpc) is 0. The van der Waals surface area contributed by atoms with Gasteiger partial charge in [-0.2, -0.15) is 0 Å². The molecule has 0 rings (SSSR count). The van der Waals surface area contributed by atoms with Crippen molar-refractivity contribution in [1.29, 1.82) is 0 Å². The van der Waals surface area contributed by atoms with Crippen molar-refractivity contribution in [2.75, 3.05) is 0 Å². The normalized spacial score (nSPS) is 0. The maximum absolute atomic E-state index is 0. The van der Waals surface area contributed by atoms with E-state index in [1.807, 2.05) is 0 Å². The summed E-state index contributed by atoms with van der Waals surface area (Å²) in [5.41, 5.74) is 0. The van der Waals surface area contributed by atoms with E-state index in [2.05, 4.69) is 0 Å². The van der Waals surface area contributed by atoms with Crippen molar-refractivity contribution in [3.63, 3.8) is 0 Å². The van der Waals surface area contributed by atoms with E-state index in [-0.39, 0.29) is 86.9 Å². The van der Waals surface area contributed by atoms with Gasteiger partial charge in [0.2, 0.25) is 0 Å². The van der Waals surface area contributed by atoms with Crippen LogP contribution >= 0.6 is 0 Å². The topological polar surface area (TPSA) is 0 Å². The first-order chi connectivity index (χ1) is 0. The summed E-state index contributed by atoms with van der Waals surface area (Å²) in [4.78, 5) is 0. The molecule has 0 saturated heterocycles. The Morgan fingerprint density at radius 3 is 0.500 bits per heavy atom. The van der Waals surface area contributed by atoms with Crippen molar-refractivity contribution in [1.82, 2.24) is 0 Å². The van der Waals surface area contributed by atoms with Crippen molar-refractivity contribution < 1.29 is 86.9 Å². The first-order valence-electron chi connectivity index (χ1n) is 0. The number of rotatable bonds is 0. The molecule has 4 heteroatoms. The molecule has 0 aromatic rings. The predicted octanol–water partition coefficient (Wildman–Crippen LogP) is -6.00. The molecule has 0 N–H and O–H groups in total. The average molecular weight is 385 g/mol. The summed E-state index contributed by atoms with van der Waals surface area (Å²) in [6.45, 7) is 0. The summed E-state index contributed by atoms with van der Waals surface area (Å²) < 4.78 is 0. The monoisotopic (exact) mass is 382 g/mol. The van der Waals surface area contributed by atoms with Crippen molar-refractivity contribution in [3.05, 3.63) is 0 Å². The molecule has 0 unspecified atom stereocenters. The summed E-state index contributed by atoms with van der Waals surface area (Å²) in [6.07, 6.45) is 0. The summed E-state index contributed by atoms with van der Waals surface area (Å²) in [5.74, 6) is 0. The zero-order valence-corrected chi connectivity index (χ0v) is 12.4. The molecule has 4 heavy (non-hydrogen) atoms. The van der Waals surface area contributed by atoms with Gasteiger partial charge in [0.25, 0.3) is 0 Å². The smallest absolute Gasteiger partial charge is 1.00 e. The summed E-state index contributed by atoms with van der Waals surface area (Å²) in [6, 6.07) is 0. The minimum Gasteiger partial charge on any atom is -1.00 e. The summed E-state index contributed by atoms with van der Waals surface area (Å²) in [7, 11) is 0. The van der Waals surface area contributed by atoms with Gasteiger partial charge >= 0.3 is 39.0 Å². The van der Waals surface area contributed by atoms with E-state index in [1.54, 1.807) is 0 Å². The molecule has 0 heterocycles. The molecule has 0 amide bonds. The molecule has 0 atom stereocenters. The number of hydrogen-bond donors (Lipinski definition) is 0. The second-order valence-corrected chi connectivity index (χ2v) is 0. The Hall–Kier alpha value is 2.71. The third-order valence-corrected chi connectivity index (χ3v) is 0. The minimum absolute atomic E-state index is 0. The molecule has 0 aromatic heterocycles. The van der Waals surface area contributed by atoms with E-state index in [1.165, 1.54) is 0 Å². The molecule has 0 bridgehead atoms. The maximum Gasteiger partial charge on any atom is 2.00 e. The van der Waals surface area contributed by atoms with E-state index < -0.39 is 0 Å². The van der Waals surface area contributed by atoms with Crippen LogP contribution in [0.1, 0.15) is 0 Å². The molecule has 0 aliphatic heterocycles. The Morgan fingerprint density at radius 1 is 0.500 bits per heavy atom. The fraction of sp³-hybridized carbons (Fsp3) is 0. The first kappa shape index (κ1) is 29.8. The maximum atomic E-state index is 0. The molecular weight excluding hydrogens is 385 g/mol. The van der Waals surface area contributed by atoms with Crippen molar-refractivity contribution in [2.45, 2.75) is 0 Å². The van der Waals surface area contributed by atoms with Gasteiger partial charge in [-0.1, -0.05) is 0 Å². The molecule has 0 aliphatic rings. The Kier molecular flexibility index (Phi) is 129. The van der Waals surface area contributed by atoms with Crippen molar-refractivity contribution in [2.24, 2.45) is 0 Å². The van der Waals surface area contributed by atoms with Gasteiger partial charge in [-0.05, 0) is 0 Å². The Bertz CT molecular complexity index is 4.00. The molecular formula is I2Zn2+2. The van der Waals surface area contributed by atoms with Crippen LogP contribution in [0.4, 0.5) is 0 Å². The Balaban J connectivity index is 0. The van der Waals surface area contributed by atoms with E-state index in [4.69, 9.17) is 0 Å². The quantitative estimate of drug-likeness (QED) is 0.288. The van der Waals surface area contributed by atoms with Crippen LogP contribution in [0, 0.1) is 0 Å². The van der Waals surface area contributed by atoms with Crippen LogP contribution in [0.5, 0.6) is 0 Å². The fourth-order valence-electron chi connectivity index (χ4n) is 0. The van der Waals surface area contributed by atoms with Crippen LogP contribution in [0.15, 0.2) is 0 Å².